The molecule has 1 saturated heterocycles. The van der Waals surface area contributed by atoms with Crippen LogP contribution in [-0.4, -0.2) is 13.2 Å². The first kappa shape index (κ1) is 19.9. The molecule has 0 saturated carbocycles. The SMILES string of the molecule is CC[C@H]1O[C@@H](c2ccc(OC)c(Cc3ccc(C)cc3)c2)[C@H](C)[C@@H](C)[C@@H]1C. The quantitative estimate of drug-likeness (QED) is 0.613. The van der Waals surface area contributed by atoms with E-state index in [0.29, 0.717) is 23.9 Å². The van der Waals surface area contributed by atoms with Crippen molar-refractivity contribution in [1.29, 1.82) is 0 Å². The molecular formula is C25H34O2. The molecule has 1 aliphatic rings. The summed E-state index contributed by atoms with van der Waals surface area (Å²) in [5, 5.41) is 0. The number of rotatable bonds is 5. The van der Waals surface area contributed by atoms with Crippen molar-refractivity contribution in [3.8, 4) is 5.75 Å². The van der Waals surface area contributed by atoms with Gasteiger partial charge in [-0.25, -0.2) is 0 Å². The average molecular weight is 367 g/mol. The van der Waals surface area contributed by atoms with Gasteiger partial charge in [0.2, 0.25) is 0 Å². The second kappa shape index (κ2) is 8.48. The summed E-state index contributed by atoms with van der Waals surface area (Å²) in [7, 11) is 1.75. The smallest absolute Gasteiger partial charge is 0.122 e. The van der Waals surface area contributed by atoms with Crippen molar-refractivity contribution >= 4 is 0 Å². The lowest BCUT2D eigenvalue weighted by Gasteiger charge is -2.44. The predicted octanol–water partition coefficient (Wildman–Crippen LogP) is 6.35. The highest BCUT2D eigenvalue weighted by molar-refractivity contribution is 5.42. The van der Waals surface area contributed by atoms with Crippen molar-refractivity contribution in [3.63, 3.8) is 0 Å². The molecule has 1 heterocycles. The van der Waals surface area contributed by atoms with Crippen LogP contribution >= 0.6 is 0 Å². The Balaban J connectivity index is 1.91. The standard InChI is InChI=1S/C25H34O2/c1-7-23-18(4)17(3)19(5)25(27-23)21-12-13-24(26-6)22(15-21)14-20-10-8-16(2)9-11-20/h8-13,15,17-19,23,25H,7,14H2,1-6H3/t17-,18-,19+,23+,25+/m0/s1. The van der Waals surface area contributed by atoms with Gasteiger partial charge >= 0.3 is 0 Å². The molecule has 5 atom stereocenters. The van der Waals surface area contributed by atoms with Crippen molar-refractivity contribution in [2.24, 2.45) is 17.8 Å². The molecular weight excluding hydrogens is 332 g/mol. The van der Waals surface area contributed by atoms with Gasteiger partial charge in [0.1, 0.15) is 5.75 Å². The molecule has 0 N–H and O–H groups in total. The van der Waals surface area contributed by atoms with Gasteiger partial charge in [-0.1, -0.05) is 63.6 Å². The lowest BCUT2D eigenvalue weighted by molar-refractivity contribution is -0.136. The van der Waals surface area contributed by atoms with Crippen LogP contribution in [0.4, 0.5) is 0 Å². The van der Waals surface area contributed by atoms with Crippen LogP contribution in [0, 0.1) is 24.7 Å². The first-order valence-corrected chi connectivity index (χ1v) is 10.3. The fourth-order valence-electron chi connectivity index (χ4n) is 4.42. The summed E-state index contributed by atoms with van der Waals surface area (Å²) in [6, 6.07) is 15.4. The molecule has 0 unspecified atom stereocenters. The number of hydrogen-bond acceptors (Lipinski definition) is 2. The maximum absolute atomic E-state index is 6.57. The summed E-state index contributed by atoms with van der Waals surface area (Å²) in [4.78, 5) is 0. The zero-order valence-corrected chi connectivity index (χ0v) is 17.7. The molecule has 2 heteroatoms. The molecule has 0 aromatic heterocycles. The monoisotopic (exact) mass is 366 g/mol. The Morgan fingerprint density at radius 3 is 2.26 bits per heavy atom. The zero-order chi connectivity index (χ0) is 19.6. The highest BCUT2D eigenvalue weighted by Crippen LogP contribution is 2.44. The van der Waals surface area contributed by atoms with Crippen LogP contribution in [0.15, 0.2) is 42.5 Å². The van der Waals surface area contributed by atoms with E-state index in [2.05, 4.69) is 77.1 Å². The molecule has 27 heavy (non-hydrogen) atoms. The Hall–Kier alpha value is -1.80. The van der Waals surface area contributed by atoms with Gasteiger partial charge in [0.05, 0.1) is 19.3 Å². The maximum Gasteiger partial charge on any atom is 0.122 e. The molecule has 146 valence electrons. The van der Waals surface area contributed by atoms with E-state index in [1.165, 1.54) is 22.3 Å². The molecule has 0 amide bonds. The molecule has 2 nitrogen and oxygen atoms in total. The molecule has 3 rings (SSSR count). The number of ether oxygens (including phenoxy) is 2. The minimum absolute atomic E-state index is 0.156. The van der Waals surface area contributed by atoms with Gasteiger partial charge in [0, 0.05) is 6.42 Å². The summed E-state index contributed by atoms with van der Waals surface area (Å²) in [5.41, 5.74) is 5.11. The first-order valence-electron chi connectivity index (χ1n) is 10.3. The number of aryl methyl sites for hydroxylation is 1. The highest BCUT2D eigenvalue weighted by Gasteiger charge is 2.38. The van der Waals surface area contributed by atoms with Crippen LogP contribution in [0.2, 0.25) is 0 Å². The van der Waals surface area contributed by atoms with Gasteiger partial charge in [-0.05, 0) is 59.9 Å². The maximum atomic E-state index is 6.57. The third-order valence-corrected chi connectivity index (χ3v) is 6.59. The van der Waals surface area contributed by atoms with E-state index in [1.807, 2.05) is 0 Å². The Bertz CT molecular complexity index is 747. The van der Waals surface area contributed by atoms with E-state index < -0.39 is 0 Å². The van der Waals surface area contributed by atoms with E-state index in [9.17, 15) is 0 Å². The van der Waals surface area contributed by atoms with Gasteiger partial charge in [-0.15, -0.1) is 0 Å². The van der Waals surface area contributed by atoms with Crippen molar-refractivity contribution in [1.82, 2.24) is 0 Å². The minimum atomic E-state index is 0.156. The molecule has 0 spiro atoms. The summed E-state index contributed by atoms with van der Waals surface area (Å²) in [5.74, 6) is 2.71. The Morgan fingerprint density at radius 2 is 1.63 bits per heavy atom. The molecule has 0 bridgehead atoms. The van der Waals surface area contributed by atoms with Crippen molar-refractivity contribution < 1.29 is 9.47 Å². The van der Waals surface area contributed by atoms with Crippen LogP contribution in [0.3, 0.4) is 0 Å². The zero-order valence-electron chi connectivity index (χ0n) is 17.7. The van der Waals surface area contributed by atoms with E-state index in [-0.39, 0.29) is 6.10 Å². The predicted molar refractivity (Wildman–Crippen MR) is 112 cm³/mol. The lowest BCUT2D eigenvalue weighted by atomic mass is 9.74. The molecule has 0 aliphatic carbocycles. The van der Waals surface area contributed by atoms with E-state index in [0.717, 1.165) is 18.6 Å². The van der Waals surface area contributed by atoms with Crippen molar-refractivity contribution in [3.05, 3.63) is 64.7 Å². The average Bonchev–Trinajstić information content (AvgIpc) is 2.68. The van der Waals surface area contributed by atoms with E-state index in [4.69, 9.17) is 9.47 Å². The van der Waals surface area contributed by atoms with Gasteiger partial charge in [-0.3, -0.25) is 0 Å². The summed E-state index contributed by atoms with van der Waals surface area (Å²) >= 11 is 0. The number of methoxy groups -OCH3 is 1. The number of hydrogen-bond donors (Lipinski definition) is 0. The van der Waals surface area contributed by atoms with Gasteiger partial charge < -0.3 is 9.47 Å². The van der Waals surface area contributed by atoms with Crippen LogP contribution in [0.5, 0.6) is 5.75 Å². The van der Waals surface area contributed by atoms with Crippen molar-refractivity contribution in [2.45, 2.75) is 59.7 Å². The van der Waals surface area contributed by atoms with E-state index >= 15 is 0 Å². The van der Waals surface area contributed by atoms with Gasteiger partial charge in [0.25, 0.3) is 0 Å². The second-order valence-corrected chi connectivity index (χ2v) is 8.31. The largest absolute Gasteiger partial charge is 0.496 e. The van der Waals surface area contributed by atoms with Crippen LogP contribution in [-0.2, 0) is 11.2 Å². The summed E-state index contributed by atoms with van der Waals surface area (Å²) < 4.78 is 12.2. The molecule has 0 radical (unpaired) electrons. The van der Waals surface area contributed by atoms with Gasteiger partial charge in [-0.2, -0.15) is 0 Å². The Labute approximate surface area is 164 Å². The first-order chi connectivity index (χ1) is 12.9. The Morgan fingerprint density at radius 1 is 0.926 bits per heavy atom. The molecule has 1 fully saturated rings. The molecule has 2 aromatic rings. The minimum Gasteiger partial charge on any atom is -0.496 e. The molecule has 2 aromatic carbocycles. The Kier molecular flexibility index (Phi) is 6.26. The van der Waals surface area contributed by atoms with E-state index in [1.54, 1.807) is 7.11 Å². The fourth-order valence-corrected chi connectivity index (χ4v) is 4.42. The van der Waals surface area contributed by atoms with Gasteiger partial charge in [0.15, 0.2) is 0 Å². The van der Waals surface area contributed by atoms with Crippen LogP contribution in [0.1, 0.15) is 62.5 Å². The lowest BCUT2D eigenvalue weighted by Crippen LogP contribution is -2.40. The van der Waals surface area contributed by atoms with Crippen molar-refractivity contribution in [2.75, 3.05) is 7.11 Å². The third kappa shape index (κ3) is 4.21. The number of benzene rings is 2. The summed E-state index contributed by atoms with van der Waals surface area (Å²) in [6.07, 6.45) is 2.44. The van der Waals surface area contributed by atoms with Crippen LogP contribution in [0.25, 0.3) is 0 Å². The normalized spacial score (nSPS) is 28.1. The topological polar surface area (TPSA) is 18.5 Å². The van der Waals surface area contributed by atoms with Crippen LogP contribution < -0.4 is 4.74 Å². The highest BCUT2D eigenvalue weighted by atomic mass is 16.5. The summed E-state index contributed by atoms with van der Waals surface area (Å²) in [6.45, 7) is 11.4. The fraction of sp³-hybridized carbons (Fsp3) is 0.520. The molecule has 1 aliphatic heterocycles. The second-order valence-electron chi connectivity index (χ2n) is 8.31. The third-order valence-electron chi connectivity index (χ3n) is 6.59.